The molecule has 3 aliphatic heterocycles. The summed E-state index contributed by atoms with van der Waals surface area (Å²) in [4.78, 5) is 19.1. The Balaban J connectivity index is 0.000000396. The molecule has 2 saturated heterocycles. The molecule has 1 unspecified atom stereocenters. The van der Waals surface area contributed by atoms with Crippen LogP contribution in [0.5, 0.6) is 0 Å². The smallest absolute Gasteiger partial charge is 0.219 e. The quantitative estimate of drug-likeness (QED) is 0.356. The van der Waals surface area contributed by atoms with Gasteiger partial charge in [-0.15, -0.1) is 11.8 Å². The van der Waals surface area contributed by atoms with Crippen molar-refractivity contribution in [3.05, 3.63) is 47.5 Å². The Bertz CT molecular complexity index is 847. The number of fused-ring (bicyclic) bond motifs is 1. The minimum absolute atomic E-state index is 0.0283. The summed E-state index contributed by atoms with van der Waals surface area (Å²) < 4.78 is 20.1. The average molecular weight is 490 g/mol. The molecule has 3 heterocycles. The molecule has 0 aromatic rings. The number of carbonyl (C=O) groups excluding carboxylic acids is 1. The zero-order valence-electron chi connectivity index (χ0n) is 20.9. The van der Waals surface area contributed by atoms with E-state index in [2.05, 4.69) is 22.5 Å². The van der Waals surface area contributed by atoms with Gasteiger partial charge in [0.15, 0.2) is 0 Å². The van der Waals surface area contributed by atoms with Crippen LogP contribution in [-0.2, 0) is 9.53 Å². The summed E-state index contributed by atoms with van der Waals surface area (Å²) in [6.45, 7) is 11.5. The molecule has 0 aromatic heterocycles. The number of aliphatic imine (C=N–C) groups is 1. The van der Waals surface area contributed by atoms with Crippen LogP contribution >= 0.6 is 11.8 Å². The van der Waals surface area contributed by atoms with Crippen molar-refractivity contribution in [3.8, 4) is 0 Å². The summed E-state index contributed by atoms with van der Waals surface area (Å²) in [6, 6.07) is 0. The van der Waals surface area contributed by atoms with Gasteiger partial charge in [-0.2, -0.15) is 0 Å². The fraction of sp³-hybridized carbons (Fsp3) is 0.630. The van der Waals surface area contributed by atoms with Gasteiger partial charge in [-0.05, 0) is 81.5 Å². The standard InChI is InChI=1S/C22H31FN2OS.C5H9NO/c1-18(24-17-27-2)6-4-13-25-14-5-11-22(12-15-25)21-10-9-20(23)8-3-7-19(21)16-26-22;1-5(7)6-3-2-4-6/h3,7,9,17H,1,4-6,8,10-16H2,2H3;2-4H2,1H3/b7-3-,20-9?,24-17?;. The molecule has 4 rings (SSSR count). The van der Waals surface area contributed by atoms with E-state index < -0.39 is 0 Å². The molecule has 0 bridgehead atoms. The number of nitrogens with zero attached hydrogens (tertiary/aromatic N) is 3. The van der Waals surface area contributed by atoms with Gasteiger partial charge >= 0.3 is 0 Å². The highest BCUT2D eigenvalue weighted by atomic mass is 32.2. The zero-order valence-corrected chi connectivity index (χ0v) is 21.7. The molecule has 5 nitrogen and oxygen atoms in total. The third-order valence-corrected chi connectivity index (χ3v) is 7.39. The van der Waals surface area contributed by atoms with Gasteiger partial charge in [0.2, 0.25) is 5.91 Å². The maximum absolute atomic E-state index is 13.8. The fourth-order valence-electron chi connectivity index (χ4n) is 4.92. The Hall–Kier alpha value is -1.70. The van der Waals surface area contributed by atoms with Crippen LogP contribution in [0, 0.1) is 0 Å². The lowest BCUT2D eigenvalue weighted by Gasteiger charge is -2.31. The molecule has 2 fully saturated rings. The molecule has 7 heteroatoms. The lowest BCUT2D eigenvalue weighted by molar-refractivity contribution is -0.132. The van der Waals surface area contributed by atoms with Crippen LogP contribution in [0.25, 0.3) is 0 Å². The minimum atomic E-state index is -0.186. The maximum Gasteiger partial charge on any atom is 0.219 e. The van der Waals surface area contributed by atoms with E-state index in [0.717, 1.165) is 70.5 Å². The molecule has 0 aromatic carbocycles. The SMILES string of the molecule is C=C(CCCN1CCCC2(CC1)OCC1=C2CC=C(F)C/C=C\1)N=CSC.CC(=O)N1CCC1. The third kappa shape index (κ3) is 7.65. The zero-order chi connectivity index (χ0) is 24.4. The number of thioether (sulfide) groups is 1. The van der Waals surface area contributed by atoms with Crippen molar-refractivity contribution in [1.29, 1.82) is 0 Å². The van der Waals surface area contributed by atoms with E-state index in [0.29, 0.717) is 19.4 Å². The fourth-order valence-corrected chi connectivity index (χ4v) is 5.18. The summed E-state index contributed by atoms with van der Waals surface area (Å²) in [7, 11) is 0. The number of likely N-dealkylation sites (tertiary alicyclic amines) is 2. The Morgan fingerprint density at radius 2 is 2.09 bits per heavy atom. The number of amides is 1. The highest BCUT2D eigenvalue weighted by molar-refractivity contribution is 8.11. The predicted octanol–water partition coefficient (Wildman–Crippen LogP) is 5.67. The largest absolute Gasteiger partial charge is 0.366 e. The number of hydrogen-bond donors (Lipinski definition) is 0. The molecule has 0 N–H and O–H groups in total. The van der Waals surface area contributed by atoms with Crippen molar-refractivity contribution in [3.63, 3.8) is 0 Å². The molecule has 1 spiro atoms. The maximum atomic E-state index is 13.8. The first kappa shape index (κ1) is 26.9. The van der Waals surface area contributed by atoms with E-state index in [4.69, 9.17) is 4.74 Å². The molecule has 1 amide bonds. The first-order chi connectivity index (χ1) is 16.4. The Morgan fingerprint density at radius 1 is 1.26 bits per heavy atom. The van der Waals surface area contributed by atoms with Gasteiger partial charge in [0.05, 0.1) is 17.8 Å². The topological polar surface area (TPSA) is 45.1 Å². The van der Waals surface area contributed by atoms with Crippen molar-refractivity contribution in [2.24, 2.45) is 4.99 Å². The molecular formula is C27H40FN3O2S. The number of halogens is 1. The van der Waals surface area contributed by atoms with Crippen LogP contribution in [0.4, 0.5) is 4.39 Å². The van der Waals surface area contributed by atoms with Crippen LogP contribution in [0.15, 0.2) is 52.5 Å². The summed E-state index contributed by atoms with van der Waals surface area (Å²) in [5.41, 5.74) is 5.21. The molecule has 1 atom stereocenters. The average Bonchev–Trinajstić information content (AvgIpc) is 2.93. The van der Waals surface area contributed by atoms with E-state index >= 15 is 0 Å². The second kappa shape index (κ2) is 13.4. The van der Waals surface area contributed by atoms with Crippen LogP contribution < -0.4 is 0 Å². The van der Waals surface area contributed by atoms with E-state index in [1.807, 2.05) is 22.8 Å². The monoisotopic (exact) mass is 489 g/mol. The lowest BCUT2D eigenvalue weighted by atomic mass is 9.83. The van der Waals surface area contributed by atoms with Crippen molar-refractivity contribution in [1.82, 2.24) is 9.80 Å². The third-order valence-electron chi connectivity index (χ3n) is 7.07. The molecule has 0 radical (unpaired) electrons. The number of carbonyl (C=O) groups is 1. The molecular weight excluding hydrogens is 449 g/mol. The van der Waals surface area contributed by atoms with E-state index in [9.17, 15) is 9.18 Å². The van der Waals surface area contributed by atoms with Crippen molar-refractivity contribution in [2.75, 3.05) is 45.6 Å². The number of rotatable bonds is 6. The summed E-state index contributed by atoms with van der Waals surface area (Å²) >= 11 is 1.60. The number of hydrogen-bond acceptors (Lipinski definition) is 5. The van der Waals surface area contributed by atoms with Gasteiger partial charge in [0, 0.05) is 38.7 Å². The molecule has 0 saturated carbocycles. The van der Waals surface area contributed by atoms with Crippen LogP contribution in [0.2, 0.25) is 0 Å². The highest BCUT2D eigenvalue weighted by Gasteiger charge is 2.42. The van der Waals surface area contributed by atoms with Crippen LogP contribution in [-0.4, -0.2) is 72.4 Å². The van der Waals surface area contributed by atoms with Gasteiger partial charge in [-0.3, -0.25) is 9.79 Å². The summed E-state index contributed by atoms with van der Waals surface area (Å²) in [5.74, 6) is 0.186. The van der Waals surface area contributed by atoms with Gasteiger partial charge in [0.1, 0.15) is 5.83 Å². The molecule has 34 heavy (non-hydrogen) atoms. The second-order valence-electron chi connectivity index (χ2n) is 9.44. The van der Waals surface area contributed by atoms with Crippen molar-refractivity contribution >= 4 is 23.2 Å². The Morgan fingerprint density at radius 3 is 2.76 bits per heavy atom. The van der Waals surface area contributed by atoms with Gasteiger partial charge in [0.25, 0.3) is 0 Å². The summed E-state index contributed by atoms with van der Waals surface area (Å²) in [6.07, 6.45) is 15.3. The highest BCUT2D eigenvalue weighted by Crippen LogP contribution is 2.43. The normalized spacial score (nSPS) is 26.1. The summed E-state index contributed by atoms with van der Waals surface area (Å²) in [5, 5.41) is 0. The second-order valence-corrected chi connectivity index (χ2v) is 10.1. The number of ether oxygens (including phenoxy) is 1. The molecule has 4 aliphatic rings. The number of allylic oxidation sites excluding steroid dienone is 4. The Kier molecular flexibility index (Phi) is 10.6. The minimum Gasteiger partial charge on any atom is -0.366 e. The van der Waals surface area contributed by atoms with Gasteiger partial charge in [-0.25, -0.2) is 4.39 Å². The van der Waals surface area contributed by atoms with E-state index in [1.165, 1.54) is 17.6 Å². The van der Waals surface area contributed by atoms with Gasteiger partial charge in [-0.1, -0.05) is 18.7 Å². The Labute approximate surface area is 208 Å². The van der Waals surface area contributed by atoms with Gasteiger partial charge < -0.3 is 14.5 Å². The van der Waals surface area contributed by atoms with Crippen LogP contribution in [0.1, 0.15) is 58.3 Å². The molecule has 1 aliphatic carbocycles. The predicted molar refractivity (Wildman–Crippen MR) is 141 cm³/mol. The first-order valence-corrected chi connectivity index (χ1v) is 13.8. The van der Waals surface area contributed by atoms with Crippen molar-refractivity contribution < 1.29 is 13.9 Å². The lowest BCUT2D eigenvalue weighted by Crippen LogP contribution is -2.40. The molecule has 188 valence electrons. The van der Waals surface area contributed by atoms with Crippen LogP contribution in [0.3, 0.4) is 0 Å². The first-order valence-electron chi connectivity index (χ1n) is 12.5. The van der Waals surface area contributed by atoms with E-state index in [-0.39, 0.29) is 17.3 Å². The van der Waals surface area contributed by atoms with E-state index in [1.54, 1.807) is 24.8 Å². The van der Waals surface area contributed by atoms with Crippen molar-refractivity contribution in [2.45, 2.75) is 63.9 Å².